The number of fused-ring (bicyclic) bond motifs is 1. The molecule has 1 aliphatic rings. The average molecular weight is 301 g/mol. The lowest BCUT2D eigenvalue weighted by Gasteiger charge is -2.26. The molecule has 0 radical (unpaired) electrons. The van der Waals surface area contributed by atoms with Crippen LogP contribution in [-0.2, 0) is 4.79 Å². The Balaban J connectivity index is 2.28. The van der Waals surface area contributed by atoms with Gasteiger partial charge in [0.25, 0.3) is 5.69 Å². The summed E-state index contributed by atoms with van der Waals surface area (Å²) in [6.07, 6.45) is 0. The Labute approximate surface area is 123 Å². The van der Waals surface area contributed by atoms with Gasteiger partial charge in [0.15, 0.2) is 0 Å². The molecule has 1 aromatic heterocycles. The first-order valence-electron chi connectivity index (χ1n) is 6.29. The molecule has 3 rings (SSSR count). The summed E-state index contributed by atoms with van der Waals surface area (Å²) in [5, 5.41) is 25.3. The van der Waals surface area contributed by atoms with Gasteiger partial charge in [-0.3, -0.25) is 14.9 Å². The van der Waals surface area contributed by atoms with Crippen LogP contribution in [0.4, 0.5) is 11.6 Å². The molecule has 0 spiro atoms. The highest BCUT2D eigenvalue weighted by molar-refractivity contribution is 5.95. The van der Waals surface area contributed by atoms with Gasteiger partial charge in [-0.2, -0.15) is 4.68 Å². The Morgan fingerprint density at radius 1 is 1.45 bits per heavy atom. The fourth-order valence-electron chi connectivity index (χ4n) is 2.50. The van der Waals surface area contributed by atoms with Crippen molar-refractivity contribution < 1.29 is 9.72 Å². The number of rotatable bonds is 3. The third-order valence-electron chi connectivity index (χ3n) is 3.41. The molecular formula is C12H11N7O3. The lowest BCUT2D eigenvalue weighted by atomic mass is 9.94. The summed E-state index contributed by atoms with van der Waals surface area (Å²) in [7, 11) is 0. The summed E-state index contributed by atoms with van der Waals surface area (Å²) in [6, 6.07) is 5.24. The van der Waals surface area contributed by atoms with Gasteiger partial charge in [-0.25, -0.2) is 0 Å². The zero-order valence-corrected chi connectivity index (χ0v) is 11.4. The monoisotopic (exact) mass is 301 g/mol. The second kappa shape index (κ2) is 4.91. The Hall–Kier alpha value is -3.30. The van der Waals surface area contributed by atoms with Crippen molar-refractivity contribution in [2.45, 2.75) is 13.0 Å². The normalized spacial score (nSPS) is 16.9. The van der Waals surface area contributed by atoms with Crippen LogP contribution in [0.15, 0.2) is 35.5 Å². The maximum Gasteiger partial charge on any atom is 0.275 e. The van der Waals surface area contributed by atoms with E-state index in [1.807, 2.05) is 0 Å². The van der Waals surface area contributed by atoms with Crippen molar-refractivity contribution in [1.29, 1.82) is 0 Å². The molecule has 3 N–H and O–H groups in total. The van der Waals surface area contributed by atoms with E-state index in [1.54, 1.807) is 25.1 Å². The number of nitrogens with two attached hydrogens (primary N) is 1. The van der Waals surface area contributed by atoms with Crippen LogP contribution in [0.25, 0.3) is 0 Å². The number of benzene rings is 1. The van der Waals surface area contributed by atoms with Gasteiger partial charge in [-0.05, 0) is 23.4 Å². The molecule has 1 atom stereocenters. The molecule has 1 aromatic carbocycles. The molecule has 10 nitrogen and oxygen atoms in total. The Morgan fingerprint density at radius 3 is 2.86 bits per heavy atom. The molecule has 10 heteroatoms. The molecule has 1 amide bonds. The standard InChI is InChI=1S/C12H11N7O3/c1-6-9(11(13)20)10(18-12(14-6)15-16-17-18)7-4-2-3-5-8(7)19(21)22/h2-5,10H,1H3,(H2,13,20)(H,14,15,17)/t10-/m1/s1. The predicted molar refractivity (Wildman–Crippen MR) is 74.6 cm³/mol. The summed E-state index contributed by atoms with van der Waals surface area (Å²) < 4.78 is 1.30. The van der Waals surface area contributed by atoms with Gasteiger partial charge in [0.1, 0.15) is 6.04 Å². The Kier molecular flexibility index (Phi) is 3.05. The number of hydrogen-bond acceptors (Lipinski definition) is 7. The fourth-order valence-corrected chi connectivity index (χ4v) is 2.50. The minimum Gasteiger partial charge on any atom is -0.366 e. The van der Waals surface area contributed by atoms with Crippen LogP contribution >= 0.6 is 0 Å². The van der Waals surface area contributed by atoms with E-state index in [-0.39, 0.29) is 22.8 Å². The number of allylic oxidation sites excluding steroid dienone is 1. The first kappa shape index (κ1) is 13.7. The maximum atomic E-state index is 11.8. The van der Waals surface area contributed by atoms with Gasteiger partial charge in [0.05, 0.1) is 16.1 Å². The number of hydrogen-bond donors (Lipinski definition) is 2. The lowest BCUT2D eigenvalue weighted by Crippen LogP contribution is -2.32. The van der Waals surface area contributed by atoms with Crippen LogP contribution in [0.5, 0.6) is 0 Å². The maximum absolute atomic E-state index is 11.8. The van der Waals surface area contributed by atoms with Crippen LogP contribution in [0.3, 0.4) is 0 Å². The lowest BCUT2D eigenvalue weighted by molar-refractivity contribution is -0.385. The molecule has 0 unspecified atom stereocenters. The number of para-hydroxylation sites is 1. The Bertz CT molecular complexity index is 811. The number of nitrogens with zero attached hydrogens (tertiary/aromatic N) is 5. The molecule has 0 bridgehead atoms. The third kappa shape index (κ3) is 1.97. The number of amides is 1. The van der Waals surface area contributed by atoms with E-state index in [2.05, 4.69) is 20.8 Å². The van der Waals surface area contributed by atoms with E-state index in [4.69, 9.17) is 5.73 Å². The van der Waals surface area contributed by atoms with Gasteiger partial charge in [0.2, 0.25) is 11.9 Å². The van der Waals surface area contributed by atoms with E-state index < -0.39 is 16.9 Å². The summed E-state index contributed by atoms with van der Waals surface area (Å²) >= 11 is 0. The van der Waals surface area contributed by atoms with Gasteiger partial charge < -0.3 is 11.1 Å². The van der Waals surface area contributed by atoms with Gasteiger partial charge in [-0.1, -0.05) is 17.2 Å². The second-order valence-corrected chi connectivity index (χ2v) is 4.69. The highest BCUT2D eigenvalue weighted by atomic mass is 16.6. The molecule has 0 fully saturated rings. The van der Waals surface area contributed by atoms with Gasteiger partial charge in [-0.15, -0.1) is 0 Å². The second-order valence-electron chi connectivity index (χ2n) is 4.69. The number of anilines is 1. The van der Waals surface area contributed by atoms with Crippen molar-refractivity contribution in [3.05, 3.63) is 51.2 Å². The van der Waals surface area contributed by atoms with Gasteiger partial charge >= 0.3 is 0 Å². The van der Waals surface area contributed by atoms with Crippen molar-refractivity contribution in [3.63, 3.8) is 0 Å². The number of primary amides is 1. The van der Waals surface area contributed by atoms with Gasteiger partial charge in [0, 0.05) is 11.8 Å². The first-order valence-corrected chi connectivity index (χ1v) is 6.29. The zero-order chi connectivity index (χ0) is 15.9. The van der Waals surface area contributed by atoms with Crippen molar-refractivity contribution in [2.75, 3.05) is 5.32 Å². The van der Waals surface area contributed by atoms with Crippen molar-refractivity contribution in [1.82, 2.24) is 20.2 Å². The van der Waals surface area contributed by atoms with Crippen LogP contribution in [0.2, 0.25) is 0 Å². The molecule has 2 aromatic rings. The molecule has 2 heterocycles. The number of nitrogens with one attached hydrogen (secondary N) is 1. The summed E-state index contributed by atoms with van der Waals surface area (Å²) in [5.74, 6) is -0.417. The molecule has 0 aliphatic carbocycles. The number of tetrazole rings is 1. The van der Waals surface area contributed by atoms with Crippen molar-refractivity contribution in [2.24, 2.45) is 5.73 Å². The third-order valence-corrected chi connectivity index (χ3v) is 3.41. The number of aromatic nitrogens is 4. The number of carbonyl (C=O) groups is 1. The van der Waals surface area contributed by atoms with E-state index in [0.29, 0.717) is 5.70 Å². The predicted octanol–water partition coefficient (Wildman–Crippen LogP) is 0.355. The largest absolute Gasteiger partial charge is 0.366 e. The van der Waals surface area contributed by atoms with Crippen molar-refractivity contribution >= 4 is 17.5 Å². The van der Waals surface area contributed by atoms with Crippen LogP contribution < -0.4 is 11.1 Å². The van der Waals surface area contributed by atoms with E-state index in [1.165, 1.54) is 10.7 Å². The molecule has 1 aliphatic heterocycles. The van der Waals surface area contributed by atoms with Crippen molar-refractivity contribution in [3.8, 4) is 0 Å². The number of carbonyl (C=O) groups excluding carboxylic acids is 1. The summed E-state index contributed by atoms with van der Waals surface area (Å²) in [5.41, 5.74) is 6.23. The molecule has 0 saturated heterocycles. The SMILES string of the molecule is CC1=C(C(N)=O)[C@@H](c2ccccc2[N+](=O)[O-])n2nnnc2N1. The average Bonchev–Trinajstić information content (AvgIpc) is 2.93. The van der Waals surface area contributed by atoms with E-state index in [9.17, 15) is 14.9 Å². The zero-order valence-electron chi connectivity index (χ0n) is 11.4. The Morgan fingerprint density at radius 2 is 2.18 bits per heavy atom. The quantitative estimate of drug-likeness (QED) is 0.615. The molecule has 22 heavy (non-hydrogen) atoms. The minimum absolute atomic E-state index is 0.137. The fraction of sp³-hybridized carbons (Fsp3) is 0.167. The minimum atomic E-state index is -0.856. The smallest absolute Gasteiger partial charge is 0.275 e. The highest BCUT2D eigenvalue weighted by Gasteiger charge is 2.36. The first-order chi connectivity index (χ1) is 10.5. The summed E-state index contributed by atoms with van der Waals surface area (Å²) in [4.78, 5) is 22.6. The summed E-state index contributed by atoms with van der Waals surface area (Å²) in [6.45, 7) is 1.64. The molecule has 112 valence electrons. The number of nitro benzene ring substituents is 1. The molecule has 0 saturated carbocycles. The topological polar surface area (TPSA) is 142 Å². The number of nitro groups is 1. The van der Waals surface area contributed by atoms with E-state index >= 15 is 0 Å². The van der Waals surface area contributed by atoms with Crippen LogP contribution in [0.1, 0.15) is 18.5 Å². The van der Waals surface area contributed by atoms with E-state index in [0.717, 1.165) is 0 Å². The molecular weight excluding hydrogens is 290 g/mol. The van der Waals surface area contributed by atoms with Crippen LogP contribution in [-0.4, -0.2) is 31.0 Å². The van der Waals surface area contributed by atoms with Crippen LogP contribution in [0, 0.1) is 10.1 Å². The highest BCUT2D eigenvalue weighted by Crippen LogP contribution is 2.37.